The molecule has 0 radical (unpaired) electrons. The molecule has 1 amide bonds. The summed E-state index contributed by atoms with van der Waals surface area (Å²) in [5.41, 5.74) is 3.09. The largest absolute Gasteiger partial charge is 0.353 e. The van der Waals surface area contributed by atoms with Crippen LogP contribution < -0.4 is 10.2 Å². The molecule has 0 saturated heterocycles. The highest BCUT2D eigenvalue weighted by molar-refractivity contribution is 6.30. The van der Waals surface area contributed by atoms with E-state index < -0.39 is 0 Å². The Labute approximate surface area is 129 Å². The Morgan fingerprint density at radius 1 is 1.14 bits per heavy atom. The van der Waals surface area contributed by atoms with E-state index in [-0.39, 0.29) is 11.9 Å². The molecule has 3 rings (SSSR count). The number of fused-ring (bicyclic) bond motifs is 1. The molecule has 21 heavy (non-hydrogen) atoms. The van der Waals surface area contributed by atoms with E-state index in [1.54, 1.807) is 0 Å². The van der Waals surface area contributed by atoms with Crippen LogP contribution in [0.25, 0.3) is 0 Å². The normalized spacial score (nSPS) is 17.3. The van der Waals surface area contributed by atoms with E-state index in [4.69, 9.17) is 11.6 Å². The summed E-state index contributed by atoms with van der Waals surface area (Å²) >= 11 is 5.94. The smallest absolute Gasteiger partial charge is 0.247 e. The fourth-order valence-corrected chi connectivity index (χ4v) is 2.87. The van der Waals surface area contributed by atoms with Crippen LogP contribution >= 0.6 is 11.6 Å². The average molecular weight is 301 g/mol. The van der Waals surface area contributed by atoms with Crippen molar-refractivity contribution >= 4 is 28.9 Å². The maximum atomic E-state index is 12.3. The zero-order valence-electron chi connectivity index (χ0n) is 11.8. The number of carbonyl (C=O) groups is 1. The van der Waals surface area contributed by atoms with Gasteiger partial charge in [0.25, 0.3) is 0 Å². The second kappa shape index (κ2) is 5.78. The quantitative estimate of drug-likeness (QED) is 0.926. The van der Waals surface area contributed by atoms with Gasteiger partial charge in [-0.2, -0.15) is 0 Å². The van der Waals surface area contributed by atoms with E-state index in [1.165, 1.54) is 0 Å². The fraction of sp³-hybridized carbons (Fsp3) is 0.235. The molecule has 3 nitrogen and oxygen atoms in total. The molecule has 0 aliphatic carbocycles. The van der Waals surface area contributed by atoms with Crippen molar-refractivity contribution in [1.29, 1.82) is 0 Å². The highest BCUT2D eigenvalue weighted by Gasteiger charge is 2.31. The number of para-hydroxylation sites is 2. The molecule has 2 aromatic carbocycles. The molecular formula is C17H17ClN2O. The summed E-state index contributed by atoms with van der Waals surface area (Å²) < 4.78 is 0. The van der Waals surface area contributed by atoms with Crippen molar-refractivity contribution in [1.82, 2.24) is 0 Å². The highest BCUT2D eigenvalue weighted by Crippen LogP contribution is 2.33. The summed E-state index contributed by atoms with van der Waals surface area (Å²) in [6.45, 7) is 2.73. The predicted molar refractivity (Wildman–Crippen MR) is 86.8 cm³/mol. The number of amides is 1. The lowest BCUT2D eigenvalue weighted by molar-refractivity contribution is -0.117. The Hall–Kier alpha value is -2.00. The van der Waals surface area contributed by atoms with Crippen molar-refractivity contribution in [2.45, 2.75) is 25.9 Å². The van der Waals surface area contributed by atoms with Gasteiger partial charge in [-0.15, -0.1) is 0 Å². The van der Waals surface area contributed by atoms with Crippen LogP contribution in [0.4, 0.5) is 11.4 Å². The minimum atomic E-state index is -0.143. The monoisotopic (exact) mass is 300 g/mol. The van der Waals surface area contributed by atoms with E-state index >= 15 is 0 Å². The maximum absolute atomic E-state index is 12.3. The highest BCUT2D eigenvalue weighted by atomic mass is 35.5. The number of nitrogens with one attached hydrogen (secondary N) is 1. The Morgan fingerprint density at radius 3 is 2.57 bits per heavy atom. The van der Waals surface area contributed by atoms with Crippen molar-refractivity contribution < 1.29 is 4.79 Å². The van der Waals surface area contributed by atoms with E-state index in [0.29, 0.717) is 6.54 Å². The minimum Gasteiger partial charge on any atom is -0.353 e. The first-order chi connectivity index (χ1) is 10.2. The molecule has 108 valence electrons. The molecule has 1 aliphatic rings. The van der Waals surface area contributed by atoms with Crippen LogP contribution in [0.2, 0.25) is 5.02 Å². The van der Waals surface area contributed by atoms with Crippen LogP contribution in [-0.4, -0.2) is 11.9 Å². The van der Waals surface area contributed by atoms with Gasteiger partial charge in [0.2, 0.25) is 5.91 Å². The SMILES string of the molecule is CCC1C(=O)Nc2ccccc2N1Cc1ccc(Cl)cc1. The first-order valence-corrected chi connectivity index (χ1v) is 7.48. The lowest BCUT2D eigenvalue weighted by atomic mass is 10.0. The molecule has 0 aromatic heterocycles. The van der Waals surface area contributed by atoms with Gasteiger partial charge >= 0.3 is 0 Å². The van der Waals surface area contributed by atoms with Gasteiger partial charge in [0, 0.05) is 11.6 Å². The third kappa shape index (κ3) is 2.74. The van der Waals surface area contributed by atoms with Gasteiger partial charge in [-0.3, -0.25) is 4.79 Å². The number of hydrogen-bond donors (Lipinski definition) is 1. The van der Waals surface area contributed by atoms with Gasteiger partial charge < -0.3 is 10.2 Å². The summed E-state index contributed by atoms with van der Waals surface area (Å²) in [6.07, 6.45) is 0.772. The standard InChI is InChI=1S/C17H17ClN2O/c1-2-15-17(21)19-14-5-3-4-6-16(14)20(15)11-12-7-9-13(18)10-8-12/h3-10,15H,2,11H2,1H3,(H,19,21). The van der Waals surface area contributed by atoms with Crippen LogP contribution in [0, 0.1) is 0 Å². The molecule has 0 bridgehead atoms. The number of anilines is 2. The summed E-state index contributed by atoms with van der Waals surface area (Å²) in [4.78, 5) is 14.4. The van der Waals surface area contributed by atoms with Crippen LogP contribution in [0.5, 0.6) is 0 Å². The van der Waals surface area contributed by atoms with Crippen LogP contribution in [0.1, 0.15) is 18.9 Å². The number of halogens is 1. The first-order valence-electron chi connectivity index (χ1n) is 7.10. The molecule has 4 heteroatoms. The zero-order chi connectivity index (χ0) is 14.8. The summed E-state index contributed by atoms with van der Waals surface area (Å²) in [6, 6.07) is 15.6. The molecule has 0 spiro atoms. The summed E-state index contributed by atoms with van der Waals surface area (Å²) in [7, 11) is 0. The summed E-state index contributed by atoms with van der Waals surface area (Å²) in [5, 5.41) is 3.71. The Balaban J connectivity index is 1.96. The van der Waals surface area contributed by atoms with Crippen LogP contribution in [0.15, 0.2) is 48.5 Å². The van der Waals surface area contributed by atoms with Crippen molar-refractivity contribution in [3.8, 4) is 0 Å². The topological polar surface area (TPSA) is 32.3 Å². The van der Waals surface area contributed by atoms with Gasteiger partial charge in [-0.05, 0) is 36.2 Å². The Bertz CT molecular complexity index is 654. The zero-order valence-corrected chi connectivity index (χ0v) is 12.6. The molecule has 0 saturated carbocycles. The van der Waals surface area contributed by atoms with E-state index in [0.717, 1.165) is 28.4 Å². The summed E-state index contributed by atoms with van der Waals surface area (Å²) in [5.74, 6) is 0.0603. The Kier molecular flexibility index (Phi) is 3.84. The number of hydrogen-bond acceptors (Lipinski definition) is 2. The second-order valence-corrected chi connectivity index (χ2v) is 5.62. The maximum Gasteiger partial charge on any atom is 0.247 e. The van der Waals surface area contributed by atoms with Crippen molar-refractivity contribution in [3.05, 3.63) is 59.1 Å². The molecular weight excluding hydrogens is 284 g/mol. The van der Waals surface area contributed by atoms with Gasteiger partial charge in [0.15, 0.2) is 0 Å². The number of carbonyl (C=O) groups excluding carboxylic acids is 1. The first kappa shape index (κ1) is 14.0. The molecule has 1 atom stereocenters. The molecule has 0 fully saturated rings. The molecule has 1 aliphatic heterocycles. The van der Waals surface area contributed by atoms with Crippen LogP contribution in [-0.2, 0) is 11.3 Å². The number of rotatable bonds is 3. The lowest BCUT2D eigenvalue weighted by Crippen LogP contribution is -2.47. The van der Waals surface area contributed by atoms with Gasteiger partial charge in [-0.25, -0.2) is 0 Å². The molecule has 1 N–H and O–H groups in total. The van der Waals surface area contributed by atoms with Gasteiger partial charge in [-0.1, -0.05) is 42.8 Å². The van der Waals surface area contributed by atoms with Gasteiger partial charge in [0.1, 0.15) is 6.04 Å². The molecule has 2 aromatic rings. The fourth-order valence-electron chi connectivity index (χ4n) is 2.74. The van der Waals surface area contributed by atoms with E-state index in [9.17, 15) is 4.79 Å². The van der Waals surface area contributed by atoms with Crippen LogP contribution in [0.3, 0.4) is 0 Å². The lowest BCUT2D eigenvalue weighted by Gasteiger charge is -2.37. The number of benzene rings is 2. The van der Waals surface area contributed by atoms with E-state index in [2.05, 4.69) is 10.2 Å². The van der Waals surface area contributed by atoms with Gasteiger partial charge in [0.05, 0.1) is 11.4 Å². The second-order valence-electron chi connectivity index (χ2n) is 5.18. The number of nitrogens with zero attached hydrogens (tertiary/aromatic N) is 1. The third-order valence-corrected chi connectivity index (χ3v) is 4.06. The third-order valence-electron chi connectivity index (χ3n) is 3.80. The average Bonchev–Trinajstić information content (AvgIpc) is 2.49. The minimum absolute atomic E-state index is 0.0603. The molecule has 1 unspecified atom stereocenters. The molecule has 1 heterocycles. The van der Waals surface area contributed by atoms with Crippen molar-refractivity contribution in [2.75, 3.05) is 10.2 Å². The predicted octanol–water partition coefficient (Wildman–Crippen LogP) is 4.08. The van der Waals surface area contributed by atoms with Crippen molar-refractivity contribution in [2.24, 2.45) is 0 Å². The Morgan fingerprint density at radius 2 is 1.86 bits per heavy atom. The van der Waals surface area contributed by atoms with Crippen molar-refractivity contribution in [3.63, 3.8) is 0 Å². The van der Waals surface area contributed by atoms with E-state index in [1.807, 2.05) is 55.5 Å².